The van der Waals surface area contributed by atoms with Crippen LogP contribution in [-0.2, 0) is 4.79 Å². The Bertz CT molecular complexity index is 463. The molecule has 1 saturated heterocycles. The molecule has 0 radical (unpaired) electrons. The number of hydrogen-bond acceptors (Lipinski definition) is 3. The molecule has 1 aliphatic heterocycles. The number of aliphatic imine (C=N–C) groups is 1. The first-order chi connectivity index (χ1) is 13.0. The fraction of sp³-hybridized carbons (Fsp3) is 0.810. The number of carbonyl (C=O) groups excluding carboxylic acids is 1. The minimum Gasteiger partial charge on any atom is -0.357 e. The lowest BCUT2D eigenvalue weighted by atomic mass is 10.2. The van der Waals surface area contributed by atoms with Crippen LogP contribution in [0.2, 0.25) is 0 Å². The van der Waals surface area contributed by atoms with Gasteiger partial charge in [0.25, 0.3) is 0 Å². The molecular weight excluding hydrogens is 338 g/mol. The normalized spacial score (nSPS) is 17.8. The largest absolute Gasteiger partial charge is 0.357 e. The monoisotopic (exact) mass is 379 g/mol. The van der Waals surface area contributed by atoms with Gasteiger partial charge in [0, 0.05) is 47.3 Å². The summed E-state index contributed by atoms with van der Waals surface area (Å²) in [5.41, 5.74) is 0. The third kappa shape index (κ3) is 8.78. The van der Waals surface area contributed by atoms with E-state index in [1.54, 1.807) is 4.90 Å². The zero-order valence-corrected chi connectivity index (χ0v) is 18.0. The van der Waals surface area contributed by atoms with Crippen molar-refractivity contribution in [3.63, 3.8) is 0 Å². The van der Waals surface area contributed by atoms with E-state index in [2.05, 4.69) is 35.7 Å². The Hall–Kier alpha value is -1.56. The van der Waals surface area contributed by atoms with Crippen LogP contribution in [0.5, 0.6) is 0 Å². The number of guanidine groups is 1. The van der Waals surface area contributed by atoms with Crippen molar-refractivity contribution in [2.75, 3.05) is 53.9 Å². The summed E-state index contributed by atoms with van der Waals surface area (Å²) in [6.07, 6.45) is 9.80. The molecule has 0 spiro atoms. The van der Waals surface area contributed by atoms with Gasteiger partial charge in [0.1, 0.15) is 0 Å². The maximum absolute atomic E-state index is 12.3. The van der Waals surface area contributed by atoms with Crippen molar-refractivity contribution in [1.82, 2.24) is 20.0 Å². The number of carbonyl (C=O) groups is 1. The van der Waals surface area contributed by atoms with Gasteiger partial charge in [0.15, 0.2) is 5.96 Å². The lowest BCUT2D eigenvalue weighted by molar-refractivity contribution is -0.133. The molecule has 0 aromatic rings. The minimum absolute atomic E-state index is 0.0652. The Morgan fingerprint density at radius 3 is 2.70 bits per heavy atom. The number of likely N-dealkylation sites (N-methyl/N-ethyl adjacent to an activating group) is 1. The SMILES string of the molecule is C=CCCCCCN(C)C(=NCCCN1CCCC1C(=O)N(C)C)NCC. The summed E-state index contributed by atoms with van der Waals surface area (Å²) in [5, 5.41) is 3.39. The van der Waals surface area contributed by atoms with Crippen LogP contribution >= 0.6 is 0 Å². The Labute approximate surface area is 166 Å². The summed E-state index contributed by atoms with van der Waals surface area (Å²) in [6, 6.07) is 0.0652. The molecule has 1 N–H and O–H groups in total. The number of amides is 1. The number of unbranched alkanes of at least 4 members (excludes halogenated alkanes) is 3. The molecule has 1 rings (SSSR count). The molecule has 156 valence electrons. The average molecular weight is 380 g/mol. The van der Waals surface area contributed by atoms with Gasteiger partial charge < -0.3 is 15.1 Å². The highest BCUT2D eigenvalue weighted by atomic mass is 16.2. The standard InChI is InChI=1S/C21H41N5O/c1-6-8-9-10-11-16-25(5)21(22-7-2)23-15-13-18-26-17-12-14-19(26)20(27)24(3)4/h6,19H,1,7-18H2,2-5H3,(H,22,23). The van der Waals surface area contributed by atoms with E-state index >= 15 is 0 Å². The van der Waals surface area contributed by atoms with Crippen molar-refractivity contribution in [2.45, 2.75) is 57.9 Å². The van der Waals surface area contributed by atoms with Gasteiger partial charge in [-0.15, -0.1) is 6.58 Å². The highest BCUT2D eigenvalue weighted by Gasteiger charge is 2.30. The molecule has 0 aromatic heterocycles. The zero-order valence-electron chi connectivity index (χ0n) is 18.0. The van der Waals surface area contributed by atoms with Gasteiger partial charge in [-0.3, -0.25) is 14.7 Å². The van der Waals surface area contributed by atoms with E-state index in [0.29, 0.717) is 0 Å². The van der Waals surface area contributed by atoms with Gasteiger partial charge in [-0.2, -0.15) is 0 Å². The molecule has 1 amide bonds. The predicted molar refractivity (Wildman–Crippen MR) is 115 cm³/mol. The summed E-state index contributed by atoms with van der Waals surface area (Å²) in [7, 11) is 5.80. The topological polar surface area (TPSA) is 51.2 Å². The van der Waals surface area contributed by atoms with Crippen LogP contribution in [0.25, 0.3) is 0 Å². The lowest BCUT2D eigenvalue weighted by Gasteiger charge is -2.26. The van der Waals surface area contributed by atoms with E-state index < -0.39 is 0 Å². The smallest absolute Gasteiger partial charge is 0.239 e. The molecule has 1 atom stereocenters. The number of nitrogens with one attached hydrogen (secondary N) is 1. The van der Waals surface area contributed by atoms with E-state index in [9.17, 15) is 4.79 Å². The van der Waals surface area contributed by atoms with Gasteiger partial charge in [-0.05, 0) is 52.0 Å². The van der Waals surface area contributed by atoms with Crippen molar-refractivity contribution >= 4 is 11.9 Å². The highest BCUT2D eigenvalue weighted by molar-refractivity contribution is 5.81. The Morgan fingerprint density at radius 2 is 2.04 bits per heavy atom. The fourth-order valence-electron chi connectivity index (χ4n) is 3.52. The Kier molecular flexibility index (Phi) is 11.8. The van der Waals surface area contributed by atoms with Crippen LogP contribution in [0.1, 0.15) is 51.9 Å². The van der Waals surface area contributed by atoms with E-state index in [4.69, 9.17) is 4.99 Å². The highest BCUT2D eigenvalue weighted by Crippen LogP contribution is 2.18. The van der Waals surface area contributed by atoms with Crippen molar-refractivity contribution in [2.24, 2.45) is 4.99 Å². The number of likely N-dealkylation sites (tertiary alicyclic amines) is 1. The summed E-state index contributed by atoms with van der Waals surface area (Å²) >= 11 is 0. The zero-order chi connectivity index (χ0) is 20.1. The third-order valence-electron chi connectivity index (χ3n) is 5.05. The Balaban J connectivity index is 2.39. The maximum atomic E-state index is 12.3. The summed E-state index contributed by atoms with van der Waals surface area (Å²) in [4.78, 5) is 23.3. The second kappa shape index (κ2) is 13.6. The van der Waals surface area contributed by atoms with E-state index in [0.717, 1.165) is 64.4 Å². The van der Waals surface area contributed by atoms with Gasteiger partial charge in [-0.25, -0.2) is 0 Å². The molecule has 0 aromatic carbocycles. The fourth-order valence-corrected chi connectivity index (χ4v) is 3.52. The van der Waals surface area contributed by atoms with Crippen LogP contribution in [0.15, 0.2) is 17.6 Å². The average Bonchev–Trinajstić information content (AvgIpc) is 3.11. The van der Waals surface area contributed by atoms with Crippen LogP contribution in [0, 0.1) is 0 Å². The van der Waals surface area contributed by atoms with Crippen LogP contribution in [0.3, 0.4) is 0 Å². The van der Waals surface area contributed by atoms with Gasteiger partial charge in [0.05, 0.1) is 6.04 Å². The van der Waals surface area contributed by atoms with E-state index in [1.165, 1.54) is 19.3 Å². The molecule has 0 saturated carbocycles. The van der Waals surface area contributed by atoms with Crippen molar-refractivity contribution in [1.29, 1.82) is 0 Å². The van der Waals surface area contributed by atoms with E-state index in [-0.39, 0.29) is 11.9 Å². The van der Waals surface area contributed by atoms with Crippen molar-refractivity contribution in [3.8, 4) is 0 Å². The molecule has 6 nitrogen and oxygen atoms in total. The predicted octanol–water partition coefficient (Wildman–Crippen LogP) is 2.57. The van der Waals surface area contributed by atoms with Gasteiger partial charge >= 0.3 is 0 Å². The Morgan fingerprint density at radius 1 is 1.26 bits per heavy atom. The third-order valence-corrected chi connectivity index (χ3v) is 5.05. The summed E-state index contributed by atoms with van der Waals surface area (Å²) in [5.74, 6) is 1.23. The molecule has 6 heteroatoms. The summed E-state index contributed by atoms with van der Waals surface area (Å²) < 4.78 is 0. The number of nitrogens with zero attached hydrogens (tertiary/aromatic N) is 4. The maximum Gasteiger partial charge on any atom is 0.239 e. The lowest BCUT2D eigenvalue weighted by Crippen LogP contribution is -2.43. The van der Waals surface area contributed by atoms with Crippen LogP contribution in [0.4, 0.5) is 0 Å². The molecule has 1 unspecified atom stereocenters. The second-order valence-corrected chi connectivity index (χ2v) is 7.58. The number of allylic oxidation sites excluding steroid dienone is 1. The van der Waals surface area contributed by atoms with Gasteiger partial charge in [-0.1, -0.05) is 12.5 Å². The molecule has 1 heterocycles. The first-order valence-electron chi connectivity index (χ1n) is 10.6. The van der Waals surface area contributed by atoms with Gasteiger partial charge in [0.2, 0.25) is 5.91 Å². The van der Waals surface area contributed by atoms with E-state index in [1.807, 2.05) is 20.2 Å². The minimum atomic E-state index is 0.0652. The van der Waals surface area contributed by atoms with Crippen molar-refractivity contribution < 1.29 is 4.79 Å². The quantitative estimate of drug-likeness (QED) is 0.245. The summed E-state index contributed by atoms with van der Waals surface area (Å²) in [6.45, 7) is 10.5. The van der Waals surface area contributed by atoms with Crippen LogP contribution in [-0.4, -0.2) is 86.5 Å². The number of rotatable bonds is 12. The molecule has 27 heavy (non-hydrogen) atoms. The first kappa shape index (κ1) is 23.5. The molecule has 0 aliphatic carbocycles. The first-order valence-corrected chi connectivity index (χ1v) is 10.6. The molecule has 1 fully saturated rings. The van der Waals surface area contributed by atoms with Crippen molar-refractivity contribution in [3.05, 3.63) is 12.7 Å². The molecule has 0 bridgehead atoms. The van der Waals surface area contributed by atoms with Crippen LogP contribution < -0.4 is 5.32 Å². The number of hydrogen-bond donors (Lipinski definition) is 1. The molecule has 1 aliphatic rings. The molecular formula is C21H41N5O. The second-order valence-electron chi connectivity index (χ2n) is 7.58.